The number of amides is 1. The highest BCUT2D eigenvalue weighted by molar-refractivity contribution is 7.21. The Morgan fingerprint density at radius 3 is 2.94 bits per heavy atom. The molecule has 6 rings (SSSR count). The van der Waals surface area contributed by atoms with Gasteiger partial charge in [0.1, 0.15) is 21.1 Å². The zero-order chi connectivity index (χ0) is 24.9. The van der Waals surface area contributed by atoms with Crippen LogP contribution in [0.1, 0.15) is 52.3 Å². The van der Waals surface area contributed by atoms with Crippen molar-refractivity contribution in [1.29, 1.82) is 0 Å². The van der Waals surface area contributed by atoms with Gasteiger partial charge in [0.05, 0.1) is 18.3 Å². The maximum Gasteiger partial charge on any atom is 0.263 e. The number of carbonyl (C=O) groups is 1. The number of aromatic nitrogens is 2. The van der Waals surface area contributed by atoms with Crippen molar-refractivity contribution in [3.8, 4) is 0 Å². The number of thiophene rings is 1. The second kappa shape index (κ2) is 9.28. The lowest BCUT2D eigenvalue weighted by Gasteiger charge is -2.37. The van der Waals surface area contributed by atoms with E-state index in [1.165, 1.54) is 23.3 Å². The minimum Gasteiger partial charge on any atom is -0.397 e. The van der Waals surface area contributed by atoms with Crippen LogP contribution in [0.3, 0.4) is 0 Å². The Bertz CT molecular complexity index is 1300. The van der Waals surface area contributed by atoms with E-state index in [9.17, 15) is 4.79 Å². The maximum absolute atomic E-state index is 13.1. The van der Waals surface area contributed by atoms with Crippen LogP contribution in [-0.2, 0) is 17.6 Å². The summed E-state index contributed by atoms with van der Waals surface area (Å²) in [6.45, 7) is 4.58. The van der Waals surface area contributed by atoms with Gasteiger partial charge in [0.2, 0.25) is 0 Å². The SMILES string of the molecule is CN[C@H]1CN(c2ccc3c(n2)CC[C@H](NC(=O)c2sc4nc(C)ccc4c2N)C3)C[C@]12CCCCO2. The van der Waals surface area contributed by atoms with Gasteiger partial charge in [-0.05, 0) is 76.3 Å². The molecule has 3 atom stereocenters. The summed E-state index contributed by atoms with van der Waals surface area (Å²) in [6, 6.07) is 8.58. The van der Waals surface area contributed by atoms with Gasteiger partial charge in [0.15, 0.2) is 0 Å². The molecule has 3 aliphatic rings. The summed E-state index contributed by atoms with van der Waals surface area (Å²) in [6.07, 6.45) is 5.97. The fourth-order valence-corrected chi connectivity index (χ4v) is 7.14. The number of pyridine rings is 2. The molecule has 0 radical (unpaired) electrons. The number of nitrogens with two attached hydrogens (primary N) is 1. The number of hydrogen-bond donors (Lipinski definition) is 3. The minimum absolute atomic E-state index is 0.0660. The monoisotopic (exact) mass is 506 g/mol. The van der Waals surface area contributed by atoms with Crippen molar-refractivity contribution in [2.45, 2.75) is 63.1 Å². The number of likely N-dealkylation sites (N-methyl/N-ethyl adjacent to an activating group) is 1. The Morgan fingerprint density at radius 1 is 1.25 bits per heavy atom. The average molecular weight is 507 g/mol. The fraction of sp³-hybridized carbons (Fsp3) is 0.519. The zero-order valence-corrected chi connectivity index (χ0v) is 21.8. The highest BCUT2D eigenvalue weighted by Gasteiger charge is 2.48. The minimum atomic E-state index is -0.112. The highest BCUT2D eigenvalue weighted by atomic mass is 32.1. The van der Waals surface area contributed by atoms with Crippen LogP contribution < -0.4 is 21.3 Å². The normalized spacial score (nSPS) is 25.9. The standard InChI is InChI=1S/C27H34N6O2S/c1-16-5-8-19-23(28)24(36-26(19)30-16)25(34)31-18-7-9-20-17(13-18)6-10-22(32-20)33-14-21(29-2)27(15-33)11-3-4-12-35-27/h5-6,8,10,18,21,29H,3-4,7,9,11-15,28H2,1-2H3,(H,31,34)/t18-,21-,27+/m0/s1. The van der Waals surface area contributed by atoms with Crippen molar-refractivity contribution >= 4 is 39.0 Å². The number of ether oxygens (including phenoxy) is 1. The van der Waals surface area contributed by atoms with E-state index in [1.807, 2.05) is 26.1 Å². The Hall–Kier alpha value is -2.75. The summed E-state index contributed by atoms with van der Waals surface area (Å²) < 4.78 is 6.33. The molecular weight excluding hydrogens is 472 g/mol. The second-order valence-electron chi connectivity index (χ2n) is 10.4. The van der Waals surface area contributed by atoms with Crippen LogP contribution in [0, 0.1) is 6.92 Å². The molecule has 0 bridgehead atoms. The molecule has 2 saturated heterocycles. The number of nitrogens with zero attached hydrogens (tertiary/aromatic N) is 3. The number of nitrogen functional groups attached to an aromatic ring is 1. The fourth-order valence-electron chi connectivity index (χ4n) is 6.09. The highest BCUT2D eigenvalue weighted by Crippen LogP contribution is 2.37. The van der Waals surface area contributed by atoms with Gasteiger partial charge in [-0.25, -0.2) is 9.97 Å². The van der Waals surface area contributed by atoms with E-state index in [0.29, 0.717) is 16.6 Å². The predicted molar refractivity (Wildman–Crippen MR) is 144 cm³/mol. The number of rotatable bonds is 4. The first-order chi connectivity index (χ1) is 17.5. The Balaban J connectivity index is 1.14. The molecule has 0 aromatic carbocycles. The lowest BCUT2D eigenvalue weighted by molar-refractivity contribution is -0.0771. The van der Waals surface area contributed by atoms with E-state index in [-0.39, 0.29) is 17.6 Å². The summed E-state index contributed by atoms with van der Waals surface area (Å²) in [4.78, 5) is 26.4. The molecule has 36 heavy (non-hydrogen) atoms. The molecule has 2 fully saturated rings. The van der Waals surface area contributed by atoms with Gasteiger partial charge in [-0.15, -0.1) is 11.3 Å². The van der Waals surface area contributed by atoms with Crippen LogP contribution in [0.15, 0.2) is 24.3 Å². The van der Waals surface area contributed by atoms with Gasteiger partial charge in [-0.2, -0.15) is 0 Å². The molecule has 4 N–H and O–H groups in total. The van der Waals surface area contributed by atoms with Crippen LogP contribution in [-0.4, -0.2) is 60.3 Å². The van der Waals surface area contributed by atoms with E-state index >= 15 is 0 Å². The molecule has 8 nitrogen and oxygen atoms in total. The van der Waals surface area contributed by atoms with E-state index in [1.54, 1.807) is 0 Å². The molecule has 0 unspecified atom stereocenters. The molecule has 5 heterocycles. The number of anilines is 2. The largest absolute Gasteiger partial charge is 0.397 e. The first-order valence-electron chi connectivity index (χ1n) is 13.0. The Labute approximate surface area is 215 Å². The van der Waals surface area contributed by atoms with Crippen LogP contribution in [0.25, 0.3) is 10.2 Å². The molecule has 2 aliphatic heterocycles. The number of aryl methyl sites for hydroxylation is 2. The van der Waals surface area contributed by atoms with Crippen molar-refractivity contribution in [2.24, 2.45) is 0 Å². The predicted octanol–water partition coefficient (Wildman–Crippen LogP) is 3.22. The maximum atomic E-state index is 13.1. The molecule has 1 aliphatic carbocycles. The molecule has 1 spiro atoms. The summed E-state index contributed by atoms with van der Waals surface area (Å²) in [5.41, 5.74) is 9.99. The Kier molecular flexibility index (Phi) is 6.09. The van der Waals surface area contributed by atoms with Crippen LogP contribution in [0.4, 0.5) is 11.5 Å². The van der Waals surface area contributed by atoms with Gasteiger partial charge in [0.25, 0.3) is 5.91 Å². The van der Waals surface area contributed by atoms with Crippen molar-refractivity contribution in [1.82, 2.24) is 20.6 Å². The van der Waals surface area contributed by atoms with Gasteiger partial charge >= 0.3 is 0 Å². The molecule has 0 saturated carbocycles. The smallest absolute Gasteiger partial charge is 0.263 e. The third kappa shape index (κ3) is 4.13. The number of fused-ring (bicyclic) bond motifs is 2. The summed E-state index contributed by atoms with van der Waals surface area (Å²) in [5.74, 6) is 0.919. The molecular formula is C27H34N6O2S. The molecule has 1 amide bonds. The van der Waals surface area contributed by atoms with Crippen molar-refractivity contribution in [2.75, 3.05) is 37.4 Å². The first kappa shape index (κ1) is 23.6. The quantitative estimate of drug-likeness (QED) is 0.499. The molecule has 3 aromatic rings. The third-order valence-corrected chi connectivity index (χ3v) is 9.19. The Morgan fingerprint density at radius 2 is 2.14 bits per heavy atom. The van der Waals surface area contributed by atoms with E-state index in [2.05, 4.69) is 32.7 Å². The van der Waals surface area contributed by atoms with Crippen LogP contribution >= 0.6 is 11.3 Å². The average Bonchev–Trinajstić information content (AvgIpc) is 3.41. The van der Waals surface area contributed by atoms with Crippen molar-refractivity contribution < 1.29 is 9.53 Å². The lowest BCUT2D eigenvalue weighted by atomic mass is 9.89. The van der Waals surface area contributed by atoms with Crippen molar-refractivity contribution in [3.63, 3.8) is 0 Å². The second-order valence-corrected chi connectivity index (χ2v) is 11.4. The lowest BCUT2D eigenvalue weighted by Crippen LogP contribution is -2.52. The summed E-state index contributed by atoms with van der Waals surface area (Å²) >= 11 is 1.37. The van der Waals surface area contributed by atoms with Gasteiger partial charge in [-0.1, -0.05) is 6.07 Å². The number of carbonyl (C=O) groups excluding carboxylic acids is 1. The van der Waals surface area contributed by atoms with E-state index < -0.39 is 0 Å². The van der Waals surface area contributed by atoms with E-state index in [4.69, 9.17) is 15.5 Å². The van der Waals surface area contributed by atoms with Crippen molar-refractivity contribution in [3.05, 3.63) is 46.1 Å². The summed E-state index contributed by atoms with van der Waals surface area (Å²) in [7, 11) is 2.03. The van der Waals surface area contributed by atoms with Gasteiger partial charge in [-0.3, -0.25) is 4.79 Å². The third-order valence-electron chi connectivity index (χ3n) is 8.08. The summed E-state index contributed by atoms with van der Waals surface area (Å²) in [5, 5.41) is 7.56. The first-order valence-corrected chi connectivity index (χ1v) is 13.8. The number of nitrogens with one attached hydrogen (secondary N) is 2. The number of hydrogen-bond acceptors (Lipinski definition) is 8. The molecule has 9 heteroatoms. The molecule has 190 valence electrons. The van der Waals surface area contributed by atoms with Crippen LogP contribution in [0.2, 0.25) is 0 Å². The van der Waals surface area contributed by atoms with Gasteiger partial charge in [0, 0.05) is 36.0 Å². The topological polar surface area (TPSA) is 105 Å². The zero-order valence-electron chi connectivity index (χ0n) is 21.0. The van der Waals surface area contributed by atoms with Crippen LogP contribution in [0.5, 0.6) is 0 Å². The molecule has 3 aromatic heterocycles. The van der Waals surface area contributed by atoms with E-state index in [0.717, 1.165) is 79.2 Å². The van der Waals surface area contributed by atoms with Gasteiger partial charge < -0.3 is 26.0 Å².